The van der Waals surface area contributed by atoms with Crippen LogP contribution in [0.1, 0.15) is 41.5 Å². The second-order valence-electron chi connectivity index (χ2n) is 6.32. The molecule has 146 valence electrons. The quantitative estimate of drug-likeness (QED) is 0.611. The van der Waals surface area contributed by atoms with Crippen LogP contribution in [0.2, 0.25) is 0 Å². The zero-order valence-corrected chi connectivity index (χ0v) is 15.0. The number of benzene rings is 2. The molecule has 0 saturated heterocycles. The van der Waals surface area contributed by atoms with E-state index in [0.717, 1.165) is 17.7 Å². The van der Waals surface area contributed by atoms with E-state index >= 15 is 0 Å². The van der Waals surface area contributed by atoms with Crippen molar-refractivity contribution in [2.75, 3.05) is 0 Å². The number of nitrogens with one attached hydrogen (secondary N) is 2. The first-order valence-corrected chi connectivity index (χ1v) is 8.67. The van der Waals surface area contributed by atoms with Gasteiger partial charge in [0.05, 0.1) is 17.9 Å². The lowest BCUT2D eigenvalue weighted by molar-refractivity contribution is -0.137. The molecule has 3 rings (SSSR count). The van der Waals surface area contributed by atoms with Crippen molar-refractivity contribution in [3.8, 4) is 0 Å². The van der Waals surface area contributed by atoms with Crippen LogP contribution in [0.25, 0.3) is 0 Å². The molecular formula is C21H19F3N2O2. The molecule has 0 aliphatic heterocycles. The molecule has 0 saturated carbocycles. The van der Waals surface area contributed by atoms with E-state index in [4.69, 9.17) is 4.42 Å². The zero-order chi connectivity index (χ0) is 20.1. The van der Waals surface area contributed by atoms with E-state index in [1.807, 2.05) is 30.3 Å². The predicted octanol–water partition coefficient (Wildman–Crippen LogP) is 5.45. The van der Waals surface area contributed by atoms with Gasteiger partial charge in [0, 0.05) is 0 Å². The van der Waals surface area contributed by atoms with Crippen LogP contribution in [0.3, 0.4) is 0 Å². The first-order valence-electron chi connectivity index (χ1n) is 8.67. The molecule has 7 heteroatoms. The number of carbonyl (C=O) groups excluding carboxylic acids is 1. The van der Waals surface area contributed by atoms with Crippen LogP contribution in [0.4, 0.5) is 18.0 Å². The standard InChI is InChI=1S/C21H19F3N2O2/c1-14(16-9-5-10-17(13-16)21(22,23)24)25-20(27)26-19(18-11-6-12-28-18)15-7-3-2-4-8-15/h2-14,19H,1H3,(H2,25,26,27). The molecule has 2 unspecified atom stereocenters. The number of halogens is 3. The zero-order valence-electron chi connectivity index (χ0n) is 15.0. The molecule has 0 aliphatic carbocycles. The van der Waals surface area contributed by atoms with Crippen LogP contribution in [-0.4, -0.2) is 6.03 Å². The molecule has 4 nitrogen and oxygen atoms in total. The Kier molecular flexibility index (Phi) is 5.73. The maximum Gasteiger partial charge on any atom is 0.416 e. The smallest absolute Gasteiger partial charge is 0.416 e. The fourth-order valence-electron chi connectivity index (χ4n) is 2.86. The Morgan fingerprint density at radius 2 is 1.64 bits per heavy atom. The lowest BCUT2D eigenvalue weighted by Crippen LogP contribution is -2.39. The first kappa shape index (κ1) is 19.5. The van der Waals surface area contributed by atoms with Crippen LogP contribution < -0.4 is 10.6 Å². The fraction of sp³-hybridized carbons (Fsp3) is 0.190. The summed E-state index contributed by atoms with van der Waals surface area (Å²) in [5, 5.41) is 5.49. The molecule has 1 aromatic heterocycles. The molecule has 0 fully saturated rings. The van der Waals surface area contributed by atoms with E-state index in [1.54, 1.807) is 25.1 Å². The summed E-state index contributed by atoms with van der Waals surface area (Å²) in [4.78, 5) is 12.5. The number of hydrogen-bond donors (Lipinski definition) is 2. The summed E-state index contributed by atoms with van der Waals surface area (Å²) >= 11 is 0. The molecule has 0 aliphatic rings. The Morgan fingerprint density at radius 3 is 2.29 bits per heavy atom. The van der Waals surface area contributed by atoms with Gasteiger partial charge < -0.3 is 15.1 Å². The largest absolute Gasteiger partial charge is 0.467 e. The SMILES string of the molecule is CC(NC(=O)NC(c1ccccc1)c1ccco1)c1cccc(C(F)(F)F)c1. The number of rotatable bonds is 5. The van der Waals surface area contributed by atoms with Crippen molar-refractivity contribution in [3.63, 3.8) is 0 Å². The highest BCUT2D eigenvalue weighted by molar-refractivity contribution is 5.75. The Balaban J connectivity index is 1.73. The van der Waals surface area contributed by atoms with Crippen molar-refractivity contribution in [1.82, 2.24) is 10.6 Å². The topological polar surface area (TPSA) is 54.3 Å². The molecule has 28 heavy (non-hydrogen) atoms. The van der Waals surface area contributed by atoms with Crippen LogP contribution in [0.15, 0.2) is 77.4 Å². The van der Waals surface area contributed by atoms with Gasteiger partial charge in [0.1, 0.15) is 11.8 Å². The van der Waals surface area contributed by atoms with E-state index in [2.05, 4.69) is 10.6 Å². The maximum atomic E-state index is 12.9. The second kappa shape index (κ2) is 8.21. The molecule has 2 amide bonds. The van der Waals surface area contributed by atoms with Crippen LogP contribution in [0, 0.1) is 0 Å². The third kappa shape index (κ3) is 4.73. The van der Waals surface area contributed by atoms with Gasteiger partial charge in [-0.3, -0.25) is 0 Å². The Labute approximate surface area is 160 Å². The van der Waals surface area contributed by atoms with E-state index in [1.165, 1.54) is 12.3 Å². The summed E-state index contributed by atoms with van der Waals surface area (Å²) in [7, 11) is 0. The lowest BCUT2D eigenvalue weighted by atomic mass is 10.0. The number of carbonyl (C=O) groups is 1. The summed E-state index contributed by atoms with van der Waals surface area (Å²) in [5.41, 5.74) is 0.426. The van der Waals surface area contributed by atoms with Crippen molar-refractivity contribution in [3.05, 3.63) is 95.4 Å². The van der Waals surface area contributed by atoms with Crippen molar-refractivity contribution >= 4 is 6.03 Å². The second-order valence-corrected chi connectivity index (χ2v) is 6.32. The third-order valence-electron chi connectivity index (χ3n) is 4.30. The number of alkyl halides is 3. The summed E-state index contributed by atoms with van der Waals surface area (Å²) in [5.74, 6) is 0.549. The minimum absolute atomic E-state index is 0.360. The van der Waals surface area contributed by atoms with Gasteiger partial charge in [-0.1, -0.05) is 42.5 Å². The Morgan fingerprint density at radius 1 is 0.929 bits per heavy atom. The minimum atomic E-state index is -4.43. The molecule has 1 heterocycles. The van der Waals surface area contributed by atoms with Crippen LogP contribution in [0.5, 0.6) is 0 Å². The van der Waals surface area contributed by atoms with Crippen LogP contribution in [-0.2, 0) is 6.18 Å². The summed E-state index contributed by atoms with van der Waals surface area (Å²) < 4.78 is 44.1. The van der Waals surface area contributed by atoms with E-state index in [9.17, 15) is 18.0 Å². The Bertz CT molecular complexity index is 909. The van der Waals surface area contributed by atoms with Gasteiger partial charge in [0.2, 0.25) is 0 Å². The van der Waals surface area contributed by atoms with Gasteiger partial charge >= 0.3 is 12.2 Å². The Hall–Kier alpha value is -3.22. The molecular weight excluding hydrogens is 369 g/mol. The minimum Gasteiger partial charge on any atom is -0.467 e. The van der Waals surface area contributed by atoms with Crippen molar-refractivity contribution in [2.24, 2.45) is 0 Å². The highest BCUT2D eigenvalue weighted by Gasteiger charge is 2.31. The fourth-order valence-corrected chi connectivity index (χ4v) is 2.86. The third-order valence-corrected chi connectivity index (χ3v) is 4.30. The van der Waals surface area contributed by atoms with Crippen molar-refractivity contribution < 1.29 is 22.4 Å². The van der Waals surface area contributed by atoms with Crippen LogP contribution >= 0.6 is 0 Å². The van der Waals surface area contributed by atoms with E-state index in [0.29, 0.717) is 11.3 Å². The number of amides is 2. The van der Waals surface area contributed by atoms with Gasteiger partial charge in [-0.25, -0.2) is 4.79 Å². The molecule has 2 aromatic carbocycles. The van der Waals surface area contributed by atoms with Gasteiger partial charge in [-0.05, 0) is 42.3 Å². The molecule has 2 atom stereocenters. The number of furan rings is 1. The van der Waals surface area contributed by atoms with Gasteiger partial charge in [0.15, 0.2) is 0 Å². The monoisotopic (exact) mass is 388 g/mol. The molecule has 2 N–H and O–H groups in total. The summed E-state index contributed by atoms with van der Waals surface area (Å²) in [6, 6.07) is 16.0. The molecule has 3 aromatic rings. The van der Waals surface area contributed by atoms with Crippen molar-refractivity contribution in [1.29, 1.82) is 0 Å². The summed E-state index contributed by atoms with van der Waals surface area (Å²) in [6.45, 7) is 1.62. The molecule has 0 spiro atoms. The van der Waals surface area contributed by atoms with Crippen molar-refractivity contribution in [2.45, 2.75) is 25.2 Å². The normalized spacial score (nSPS) is 13.6. The van der Waals surface area contributed by atoms with E-state index in [-0.39, 0.29) is 0 Å². The number of urea groups is 1. The molecule has 0 bridgehead atoms. The number of hydrogen-bond acceptors (Lipinski definition) is 2. The van der Waals surface area contributed by atoms with Gasteiger partial charge in [0.25, 0.3) is 0 Å². The highest BCUT2D eigenvalue weighted by Crippen LogP contribution is 2.30. The lowest BCUT2D eigenvalue weighted by Gasteiger charge is -2.21. The van der Waals surface area contributed by atoms with E-state index < -0.39 is 29.9 Å². The average molecular weight is 388 g/mol. The van der Waals surface area contributed by atoms with Gasteiger partial charge in [-0.2, -0.15) is 13.2 Å². The molecule has 0 radical (unpaired) electrons. The highest BCUT2D eigenvalue weighted by atomic mass is 19.4. The predicted molar refractivity (Wildman–Crippen MR) is 98.5 cm³/mol. The maximum absolute atomic E-state index is 12.9. The summed E-state index contributed by atoms with van der Waals surface area (Å²) in [6.07, 6.45) is -2.92. The van der Waals surface area contributed by atoms with Gasteiger partial charge in [-0.15, -0.1) is 0 Å². The first-order chi connectivity index (χ1) is 13.3. The average Bonchev–Trinajstić information content (AvgIpc) is 3.20.